The molecule has 4 rings (SSSR count). The number of aromatic nitrogens is 2. The number of piperidine rings is 1. The summed E-state index contributed by atoms with van der Waals surface area (Å²) in [6.45, 7) is 11.3. The molecule has 3 heterocycles. The highest BCUT2D eigenvalue weighted by molar-refractivity contribution is 6.11. The van der Waals surface area contributed by atoms with Gasteiger partial charge in [0.05, 0.1) is 11.4 Å². The Labute approximate surface area is 190 Å². The summed E-state index contributed by atoms with van der Waals surface area (Å²) in [5, 5.41) is 25.2. The second-order valence-electron chi connectivity index (χ2n) is 10.3. The summed E-state index contributed by atoms with van der Waals surface area (Å²) in [5.74, 6) is 0.217. The van der Waals surface area contributed by atoms with E-state index in [1.807, 2.05) is 24.4 Å². The van der Waals surface area contributed by atoms with E-state index in [1.54, 1.807) is 12.3 Å². The van der Waals surface area contributed by atoms with E-state index in [1.165, 1.54) is 5.57 Å². The summed E-state index contributed by atoms with van der Waals surface area (Å²) >= 11 is 0. The molecule has 0 atom stereocenters. The van der Waals surface area contributed by atoms with E-state index in [-0.39, 0.29) is 16.8 Å². The van der Waals surface area contributed by atoms with Gasteiger partial charge in [-0.15, -0.1) is 0 Å². The van der Waals surface area contributed by atoms with Gasteiger partial charge in [-0.3, -0.25) is 10.1 Å². The Kier molecular flexibility index (Phi) is 5.99. The molecule has 1 aromatic carbocycles. The van der Waals surface area contributed by atoms with E-state index < -0.39 is 0 Å². The lowest BCUT2D eigenvalue weighted by Gasteiger charge is -2.47. The SMILES string of the molecule is CCC1=CC(c2ccc(-c3ccn[nH]3)cc2O)=NC=C(NC2CC(C)(C)NC(C)(C)C2)C1. The summed E-state index contributed by atoms with van der Waals surface area (Å²) in [6, 6.07) is 7.95. The van der Waals surface area contributed by atoms with Gasteiger partial charge in [-0.05, 0) is 71.2 Å². The Morgan fingerprint density at radius 2 is 1.88 bits per heavy atom. The van der Waals surface area contributed by atoms with Gasteiger partial charge in [0.25, 0.3) is 0 Å². The van der Waals surface area contributed by atoms with Crippen LogP contribution in [0.2, 0.25) is 0 Å². The van der Waals surface area contributed by atoms with Crippen LogP contribution in [0.5, 0.6) is 5.75 Å². The number of H-pyrrole nitrogens is 1. The molecular weight excluding hydrogens is 398 g/mol. The summed E-state index contributed by atoms with van der Waals surface area (Å²) in [7, 11) is 0. The van der Waals surface area contributed by atoms with E-state index >= 15 is 0 Å². The third kappa shape index (κ3) is 5.13. The highest BCUT2D eigenvalue weighted by Crippen LogP contribution is 2.31. The molecule has 0 bridgehead atoms. The van der Waals surface area contributed by atoms with Gasteiger partial charge in [0.15, 0.2) is 0 Å². The van der Waals surface area contributed by atoms with Crippen molar-refractivity contribution in [3.63, 3.8) is 0 Å². The van der Waals surface area contributed by atoms with Gasteiger partial charge in [-0.25, -0.2) is 0 Å². The average Bonchev–Trinajstić information content (AvgIpc) is 3.15. The van der Waals surface area contributed by atoms with Gasteiger partial charge < -0.3 is 15.7 Å². The van der Waals surface area contributed by atoms with Crippen LogP contribution in [0.15, 0.2) is 59.0 Å². The first-order valence-electron chi connectivity index (χ1n) is 11.5. The fourth-order valence-electron chi connectivity index (χ4n) is 5.20. The number of aromatic hydroxyl groups is 1. The minimum absolute atomic E-state index is 0.0880. The van der Waals surface area contributed by atoms with Crippen molar-refractivity contribution in [3.8, 4) is 17.0 Å². The van der Waals surface area contributed by atoms with Crippen molar-refractivity contribution >= 4 is 5.71 Å². The van der Waals surface area contributed by atoms with E-state index in [4.69, 9.17) is 4.99 Å². The Hall–Kier alpha value is -2.86. The Morgan fingerprint density at radius 3 is 2.50 bits per heavy atom. The topological polar surface area (TPSA) is 85.3 Å². The zero-order chi connectivity index (χ0) is 22.9. The summed E-state index contributed by atoms with van der Waals surface area (Å²) in [5.41, 5.74) is 5.91. The van der Waals surface area contributed by atoms with Crippen LogP contribution < -0.4 is 10.6 Å². The van der Waals surface area contributed by atoms with Crippen LogP contribution in [0.4, 0.5) is 0 Å². The molecule has 0 unspecified atom stereocenters. The zero-order valence-electron chi connectivity index (χ0n) is 19.8. The van der Waals surface area contributed by atoms with Gasteiger partial charge in [0.1, 0.15) is 5.75 Å². The number of hydrogen-bond donors (Lipinski definition) is 4. The number of benzene rings is 1. The molecule has 0 radical (unpaired) electrons. The van der Waals surface area contributed by atoms with Gasteiger partial charge in [-0.1, -0.05) is 18.6 Å². The molecule has 2 aliphatic heterocycles. The lowest BCUT2D eigenvalue weighted by molar-refractivity contribution is 0.151. The molecule has 6 heteroatoms. The molecule has 0 aliphatic carbocycles. The minimum Gasteiger partial charge on any atom is -0.507 e. The number of nitrogens with zero attached hydrogens (tertiary/aromatic N) is 2. The number of aliphatic imine (C=N–C) groups is 1. The normalized spacial score (nSPS) is 20.7. The Morgan fingerprint density at radius 1 is 1.12 bits per heavy atom. The summed E-state index contributed by atoms with van der Waals surface area (Å²) < 4.78 is 0. The first-order chi connectivity index (χ1) is 15.1. The van der Waals surface area contributed by atoms with Crippen molar-refractivity contribution in [3.05, 3.63) is 59.6 Å². The fraction of sp³-hybridized carbons (Fsp3) is 0.462. The molecular formula is C26H35N5O. The summed E-state index contributed by atoms with van der Waals surface area (Å²) in [6.07, 6.45) is 9.67. The quantitative estimate of drug-likeness (QED) is 0.531. The van der Waals surface area contributed by atoms with Gasteiger partial charge in [0, 0.05) is 52.8 Å². The standard InChI is InChI=1S/C26H35N5O/c1-6-17-11-19(29-20-14-25(2,3)31-26(4,5)15-20)16-27-23(12-17)21-8-7-18(13-24(21)32)22-9-10-28-30-22/h7-10,12-13,16,20,29,31-32H,6,11,14-15H2,1-5H3,(H,28,30). The first-order valence-corrected chi connectivity index (χ1v) is 11.5. The van der Waals surface area contributed by atoms with Crippen molar-refractivity contribution < 1.29 is 5.11 Å². The lowest BCUT2D eigenvalue weighted by atomic mass is 9.79. The van der Waals surface area contributed by atoms with Crippen molar-refractivity contribution in [1.82, 2.24) is 20.8 Å². The molecule has 0 amide bonds. The van der Waals surface area contributed by atoms with Crippen LogP contribution in [-0.4, -0.2) is 38.1 Å². The molecule has 1 saturated heterocycles. The molecule has 6 nitrogen and oxygen atoms in total. The van der Waals surface area contributed by atoms with Gasteiger partial charge in [0.2, 0.25) is 0 Å². The monoisotopic (exact) mass is 433 g/mol. The molecule has 170 valence electrons. The highest BCUT2D eigenvalue weighted by atomic mass is 16.3. The maximum Gasteiger partial charge on any atom is 0.125 e. The maximum atomic E-state index is 10.7. The fourth-order valence-corrected chi connectivity index (χ4v) is 5.20. The molecule has 1 fully saturated rings. The van der Waals surface area contributed by atoms with Crippen LogP contribution in [-0.2, 0) is 0 Å². The van der Waals surface area contributed by atoms with Gasteiger partial charge in [-0.2, -0.15) is 5.10 Å². The van der Waals surface area contributed by atoms with E-state index in [0.717, 1.165) is 53.9 Å². The minimum atomic E-state index is 0.0880. The number of hydrogen-bond acceptors (Lipinski definition) is 5. The van der Waals surface area contributed by atoms with Crippen LogP contribution >= 0.6 is 0 Å². The van der Waals surface area contributed by atoms with Gasteiger partial charge >= 0.3 is 0 Å². The number of phenols is 1. The predicted molar refractivity (Wildman–Crippen MR) is 131 cm³/mol. The molecule has 4 N–H and O–H groups in total. The number of rotatable bonds is 5. The smallest absolute Gasteiger partial charge is 0.125 e. The van der Waals surface area contributed by atoms with E-state index in [0.29, 0.717) is 6.04 Å². The molecule has 0 spiro atoms. The zero-order valence-corrected chi connectivity index (χ0v) is 19.8. The second kappa shape index (κ2) is 8.58. The molecule has 1 aromatic heterocycles. The second-order valence-corrected chi connectivity index (χ2v) is 10.3. The van der Waals surface area contributed by atoms with Crippen LogP contribution in [0.1, 0.15) is 65.9 Å². The third-order valence-corrected chi connectivity index (χ3v) is 6.24. The molecule has 2 aliphatic rings. The average molecular weight is 434 g/mol. The van der Waals surface area contributed by atoms with Crippen molar-refractivity contribution in [1.29, 1.82) is 0 Å². The van der Waals surface area contributed by atoms with Crippen molar-refractivity contribution in [2.75, 3.05) is 0 Å². The number of allylic oxidation sites excluding steroid dienone is 2. The van der Waals surface area contributed by atoms with Crippen molar-refractivity contribution in [2.45, 2.75) is 77.4 Å². The van der Waals surface area contributed by atoms with Crippen LogP contribution in [0, 0.1) is 0 Å². The number of aromatic amines is 1. The first kappa shape index (κ1) is 22.3. The number of phenolic OH excluding ortho intramolecular Hbond substituents is 1. The van der Waals surface area contributed by atoms with Crippen LogP contribution in [0.25, 0.3) is 11.3 Å². The largest absolute Gasteiger partial charge is 0.507 e. The third-order valence-electron chi connectivity index (χ3n) is 6.24. The Bertz CT molecular complexity index is 1040. The Balaban J connectivity index is 1.59. The molecule has 32 heavy (non-hydrogen) atoms. The van der Waals surface area contributed by atoms with E-state index in [9.17, 15) is 5.11 Å². The number of nitrogens with one attached hydrogen (secondary N) is 3. The van der Waals surface area contributed by atoms with Crippen LogP contribution in [0.3, 0.4) is 0 Å². The highest BCUT2D eigenvalue weighted by Gasteiger charge is 2.37. The van der Waals surface area contributed by atoms with Crippen molar-refractivity contribution in [2.24, 2.45) is 4.99 Å². The molecule has 2 aromatic rings. The lowest BCUT2D eigenvalue weighted by Crippen LogP contribution is -2.61. The molecule has 0 saturated carbocycles. The summed E-state index contributed by atoms with van der Waals surface area (Å²) in [4.78, 5) is 4.78. The maximum absolute atomic E-state index is 10.7. The van der Waals surface area contributed by atoms with E-state index in [2.05, 4.69) is 61.5 Å². The predicted octanol–water partition coefficient (Wildman–Crippen LogP) is 5.05.